The van der Waals surface area contributed by atoms with Gasteiger partial charge in [0, 0.05) is 0 Å². The van der Waals surface area contributed by atoms with Crippen LogP contribution in [0.15, 0.2) is 41.0 Å². The number of benzene rings is 1. The van der Waals surface area contributed by atoms with Crippen molar-refractivity contribution in [1.29, 1.82) is 0 Å². The van der Waals surface area contributed by atoms with E-state index in [1.54, 1.807) is 30.5 Å². The third kappa shape index (κ3) is 2.53. The average molecular weight is 245 g/mol. The van der Waals surface area contributed by atoms with Crippen LogP contribution in [0.2, 0.25) is 0 Å². The average Bonchev–Trinajstić information content (AvgIpc) is 2.85. The Kier molecular flexibility index (Phi) is 3.37. The first kappa shape index (κ1) is 12.2. The molecule has 0 bridgehead atoms. The van der Waals surface area contributed by atoms with Gasteiger partial charge in [0.25, 0.3) is 5.91 Å². The summed E-state index contributed by atoms with van der Waals surface area (Å²) in [6.07, 6.45) is 1.56. The molecule has 1 amide bonds. The molecule has 0 saturated heterocycles. The minimum absolute atomic E-state index is 0.0234. The van der Waals surface area contributed by atoms with Gasteiger partial charge in [-0.15, -0.1) is 0 Å². The van der Waals surface area contributed by atoms with Crippen LogP contribution >= 0.6 is 0 Å². The predicted molar refractivity (Wildman–Crippen MR) is 67.4 cm³/mol. The van der Waals surface area contributed by atoms with E-state index in [2.05, 4.69) is 5.32 Å². The summed E-state index contributed by atoms with van der Waals surface area (Å²) in [5.41, 5.74) is 1.19. The van der Waals surface area contributed by atoms with Crippen LogP contribution in [0.5, 0.6) is 5.75 Å². The molecule has 2 rings (SSSR count). The first-order valence-corrected chi connectivity index (χ1v) is 5.72. The van der Waals surface area contributed by atoms with Crippen molar-refractivity contribution in [2.75, 3.05) is 0 Å². The number of phenolic OH excluding ortho intramolecular Hbond substituents is 1. The second-order valence-corrected chi connectivity index (χ2v) is 4.23. The van der Waals surface area contributed by atoms with E-state index in [9.17, 15) is 9.90 Å². The second-order valence-electron chi connectivity index (χ2n) is 4.23. The maximum atomic E-state index is 12.0. The largest absolute Gasteiger partial charge is 0.507 e. The van der Waals surface area contributed by atoms with E-state index in [1.807, 2.05) is 13.8 Å². The number of furan rings is 1. The maximum absolute atomic E-state index is 12.0. The van der Waals surface area contributed by atoms with Gasteiger partial charge in [-0.1, -0.05) is 11.6 Å². The molecule has 1 atom stereocenters. The zero-order valence-corrected chi connectivity index (χ0v) is 10.3. The molecule has 0 aliphatic rings. The van der Waals surface area contributed by atoms with Crippen LogP contribution in [-0.4, -0.2) is 11.0 Å². The Morgan fingerprint density at radius 1 is 1.39 bits per heavy atom. The third-order valence-corrected chi connectivity index (χ3v) is 2.71. The number of hydrogen-bond donors (Lipinski definition) is 2. The van der Waals surface area contributed by atoms with Crippen molar-refractivity contribution < 1.29 is 14.3 Å². The standard InChI is InChI=1S/C14H15NO3/c1-9-5-6-12(16)11(8-9)14(17)15-10(2)13-4-3-7-18-13/h3-8,10,16H,1-2H3,(H,15,17). The van der Waals surface area contributed by atoms with Crippen molar-refractivity contribution in [3.05, 3.63) is 53.5 Å². The van der Waals surface area contributed by atoms with Crippen LogP contribution in [0, 0.1) is 6.92 Å². The number of phenols is 1. The molecule has 4 nitrogen and oxygen atoms in total. The zero-order valence-electron chi connectivity index (χ0n) is 10.3. The molecule has 1 unspecified atom stereocenters. The molecular formula is C14H15NO3. The summed E-state index contributed by atoms with van der Waals surface area (Å²) in [4.78, 5) is 12.0. The molecule has 94 valence electrons. The van der Waals surface area contributed by atoms with Crippen molar-refractivity contribution in [3.8, 4) is 5.75 Å². The smallest absolute Gasteiger partial charge is 0.255 e. The molecule has 0 spiro atoms. The summed E-state index contributed by atoms with van der Waals surface area (Å²) in [7, 11) is 0. The van der Waals surface area contributed by atoms with Gasteiger partial charge >= 0.3 is 0 Å². The van der Waals surface area contributed by atoms with Gasteiger partial charge < -0.3 is 14.8 Å². The molecule has 2 N–H and O–H groups in total. The lowest BCUT2D eigenvalue weighted by Gasteiger charge is -2.12. The molecule has 0 fully saturated rings. The van der Waals surface area contributed by atoms with Crippen LogP contribution < -0.4 is 5.32 Å². The van der Waals surface area contributed by atoms with Crippen molar-refractivity contribution in [2.24, 2.45) is 0 Å². The first-order valence-electron chi connectivity index (χ1n) is 5.72. The van der Waals surface area contributed by atoms with Gasteiger partial charge in [-0.3, -0.25) is 4.79 Å². The van der Waals surface area contributed by atoms with E-state index in [0.717, 1.165) is 5.56 Å². The van der Waals surface area contributed by atoms with Crippen LogP contribution in [0.4, 0.5) is 0 Å². The molecule has 1 heterocycles. The molecule has 1 aromatic heterocycles. The molecule has 1 aromatic carbocycles. The van der Waals surface area contributed by atoms with Crippen molar-refractivity contribution in [3.63, 3.8) is 0 Å². The van der Waals surface area contributed by atoms with Crippen molar-refractivity contribution in [1.82, 2.24) is 5.32 Å². The Morgan fingerprint density at radius 3 is 2.83 bits per heavy atom. The third-order valence-electron chi connectivity index (χ3n) is 2.71. The summed E-state index contributed by atoms with van der Waals surface area (Å²) >= 11 is 0. The van der Waals surface area contributed by atoms with Crippen LogP contribution in [-0.2, 0) is 0 Å². The number of carbonyl (C=O) groups excluding carboxylic acids is 1. The summed E-state index contributed by atoms with van der Waals surface area (Å²) in [5, 5.41) is 12.4. The van der Waals surface area contributed by atoms with Crippen molar-refractivity contribution in [2.45, 2.75) is 19.9 Å². The van der Waals surface area contributed by atoms with E-state index in [1.165, 1.54) is 6.07 Å². The van der Waals surface area contributed by atoms with Gasteiger partial charge in [0.1, 0.15) is 11.5 Å². The number of aryl methyl sites for hydroxylation is 1. The second kappa shape index (κ2) is 4.96. The summed E-state index contributed by atoms with van der Waals surface area (Å²) < 4.78 is 5.21. The van der Waals surface area contributed by atoms with E-state index in [0.29, 0.717) is 5.76 Å². The number of carbonyl (C=O) groups is 1. The minimum Gasteiger partial charge on any atom is -0.507 e. The molecule has 4 heteroatoms. The number of nitrogens with one attached hydrogen (secondary N) is 1. The Morgan fingerprint density at radius 2 is 2.17 bits per heavy atom. The Balaban J connectivity index is 2.15. The fraction of sp³-hybridized carbons (Fsp3) is 0.214. The highest BCUT2D eigenvalue weighted by Crippen LogP contribution is 2.20. The van der Waals surface area contributed by atoms with Gasteiger partial charge in [0.05, 0.1) is 17.9 Å². The Labute approximate surface area is 105 Å². The molecule has 0 radical (unpaired) electrons. The van der Waals surface area contributed by atoms with Gasteiger partial charge in [0.2, 0.25) is 0 Å². The van der Waals surface area contributed by atoms with Gasteiger partial charge in [-0.25, -0.2) is 0 Å². The first-order chi connectivity index (χ1) is 8.58. The number of hydrogen-bond acceptors (Lipinski definition) is 3. The highest BCUT2D eigenvalue weighted by molar-refractivity contribution is 5.97. The lowest BCUT2D eigenvalue weighted by atomic mass is 10.1. The minimum atomic E-state index is -0.319. The quantitative estimate of drug-likeness (QED) is 0.874. The summed E-state index contributed by atoms with van der Waals surface area (Å²) in [6.45, 7) is 3.69. The fourth-order valence-corrected chi connectivity index (χ4v) is 1.71. The molecule has 0 saturated carbocycles. The van der Waals surface area contributed by atoms with Crippen molar-refractivity contribution >= 4 is 5.91 Å². The normalized spacial score (nSPS) is 12.1. The monoisotopic (exact) mass is 245 g/mol. The molecule has 0 aliphatic heterocycles. The summed E-state index contributed by atoms with van der Waals surface area (Å²) in [5.74, 6) is 0.334. The maximum Gasteiger partial charge on any atom is 0.255 e. The van der Waals surface area contributed by atoms with Crippen LogP contribution in [0.1, 0.15) is 34.6 Å². The zero-order chi connectivity index (χ0) is 13.1. The van der Waals surface area contributed by atoms with Gasteiger partial charge in [-0.05, 0) is 38.1 Å². The fourth-order valence-electron chi connectivity index (χ4n) is 1.71. The summed E-state index contributed by atoms with van der Waals surface area (Å²) in [6, 6.07) is 8.24. The van der Waals surface area contributed by atoms with Gasteiger partial charge in [0.15, 0.2) is 0 Å². The predicted octanol–water partition coefficient (Wildman–Crippen LogP) is 2.78. The number of amides is 1. The Hall–Kier alpha value is -2.23. The van der Waals surface area contributed by atoms with Gasteiger partial charge in [-0.2, -0.15) is 0 Å². The highest BCUT2D eigenvalue weighted by Gasteiger charge is 2.16. The molecule has 2 aromatic rings. The van der Waals surface area contributed by atoms with Crippen LogP contribution in [0.3, 0.4) is 0 Å². The Bertz CT molecular complexity index is 546. The SMILES string of the molecule is Cc1ccc(O)c(C(=O)NC(C)c2ccco2)c1. The van der Waals surface area contributed by atoms with E-state index in [4.69, 9.17) is 4.42 Å². The molecular weight excluding hydrogens is 230 g/mol. The lowest BCUT2D eigenvalue weighted by molar-refractivity contribution is 0.0932. The highest BCUT2D eigenvalue weighted by atomic mass is 16.3. The van der Waals surface area contributed by atoms with E-state index >= 15 is 0 Å². The van der Waals surface area contributed by atoms with Crippen LogP contribution in [0.25, 0.3) is 0 Å². The number of aromatic hydroxyl groups is 1. The molecule has 0 aliphatic carbocycles. The number of rotatable bonds is 3. The lowest BCUT2D eigenvalue weighted by Crippen LogP contribution is -2.26. The topological polar surface area (TPSA) is 62.5 Å². The molecule has 18 heavy (non-hydrogen) atoms. The van der Waals surface area contributed by atoms with E-state index in [-0.39, 0.29) is 23.3 Å². The van der Waals surface area contributed by atoms with E-state index < -0.39 is 0 Å².